The SMILES string of the molecule is CCNCCNS(=O)(=O)c1cc(Cl)cnc1N.Cl. The third-order valence-corrected chi connectivity index (χ3v) is 3.68. The minimum atomic E-state index is -3.66. The van der Waals surface area contributed by atoms with Crippen LogP contribution in [0.1, 0.15) is 6.92 Å². The number of pyridine rings is 1. The van der Waals surface area contributed by atoms with Crippen LogP contribution in [0.4, 0.5) is 5.82 Å². The molecule has 1 heterocycles. The van der Waals surface area contributed by atoms with E-state index in [4.69, 9.17) is 17.3 Å². The number of nitrogens with one attached hydrogen (secondary N) is 2. The van der Waals surface area contributed by atoms with Crippen LogP contribution in [-0.2, 0) is 10.0 Å². The van der Waals surface area contributed by atoms with Gasteiger partial charge in [0.15, 0.2) is 0 Å². The van der Waals surface area contributed by atoms with Crippen molar-refractivity contribution in [3.05, 3.63) is 17.3 Å². The van der Waals surface area contributed by atoms with Crippen molar-refractivity contribution in [1.29, 1.82) is 0 Å². The Kier molecular flexibility index (Phi) is 7.49. The highest BCUT2D eigenvalue weighted by molar-refractivity contribution is 7.89. The summed E-state index contributed by atoms with van der Waals surface area (Å²) in [5.41, 5.74) is 5.50. The van der Waals surface area contributed by atoms with Gasteiger partial charge in [-0.1, -0.05) is 18.5 Å². The first-order valence-corrected chi connectivity index (χ1v) is 6.95. The summed E-state index contributed by atoms with van der Waals surface area (Å²) in [7, 11) is -3.66. The highest BCUT2D eigenvalue weighted by atomic mass is 35.5. The van der Waals surface area contributed by atoms with Gasteiger partial charge in [0.25, 0.3) is 0 Å². The Morgan fingerprint density at radius 2 is 2.11 bits per heavy atom. The molecule has 0 aliphatic carbocycles. The third kappa shape index (κ3) is 4.95. The molecule has 4 N–H and O–H groups in total. The number of nitrogens with zero attached hydrogens (tertiary/aromatic N) is 1. The maximum atomic E-state index is 11.9. The van der Waals surface area contributed by atoms with Crippen LogP contribution in [0.15, 0.2) is 17.2 Å². The lowest BCUT2D eigenvalue weighted by Crippen LogP contribution is -2.32. The number of hydrogen-bond donors (Lipinski definition) is 3. The number of likely N-dealkylation sites (N-methyl/N-ethyl adjacent to an activating group) is 1. The quantitative estimate of drug-likeness (QED) is 0.669. The average Bonchev–Trinajstić information content (AvgIpc) is 2.28. The molecule has 9 heteroatoms. The van der Waals surface area contributed by atoms with Gasteiger partial charge < -0.3 is 11.1 Å². The second kappa shape index (κ2) is 7.75. The number of rotatable bonds is 6. The minimum absolute atomic E-state index is 0. The Labute approximate surface area is 118 Å². The number of hydrogen-bond acceptors (Lipinski definition) is 5. The van der Waals surface area contributed by atoms with Crippen molar-refractivity contribution in [2.24, 2.45) is 0 Å². The second-order valence-electron chi connectivity index (χ2n) is 3.29. The maximum Gasteiger partial charge on any atom is 0.244 e. The highest BCUT2D eigenvalue weighted by Gasteiger charge is 2.18. The van der Waals surface area contributed by atoms with Crippen LogP contribution in [0, 0.1) is 0 Å². The van der Waals surface area contributed by atoms with E-state index in [9.17, 15) is 8.42 Å². The van der Waals surface area contributed by atoms with Crippen LogP contribution >= 0.6 is 24.0 Å². The number of anilines is 1. The molecule has 0 amide bonds. The summed E-state index contributed by atoms with van der Waals surface area (Å²) in [5.74, 6) is -0.0645. The molecule has 18 heavy (non-hydrogen) atoms. The van der Waals surface area contributed by atoms with E-state index in [0.29, 0.717) is 6.54 Å². The number of nitrogen functional groups attached to an aromatic ring is 1. The van der Waals surface area contributed by atoms with Gasteiger partial charge in [0.05, 0.1) is 5.02 Å². The first kappa shape index (κ1) is 17.4. The van der Waals surface area contributed by atoms with Gasteiger partial charge in [0.1, 0.15) is 10.7 Å². The summed E-state index contributed by atoms with van der Waals surface area (Å²) < 4.78 is 26.1. The van der Waals surface area contributed by atoms with E-state index >= 15 is 0 Å². The fourth-order valence-corrected chi connectivity index (χ4v) is 2.53. The topological polar surface area (TPSA) is 97.1 Å². The van der Waals surface area contributed by atoms with Crippen LogP contribution in [0.5, 0.6) is 0 Å². The number of halogens is 2. The van der Waals surface area contributed by atoms with Gasteiger partial charge in [-0.05, 0) is 12.6 Å². The molecular weight excluding hydrogens is 299 g/mol. The van der Waals surface area contributed by atoms with Gasteiger partial charge in [-0.2, -0.15) is 0 Å². The normalized spacial score (nSPS) is 11.0. The van der Waals surface area contributed by atoms with Crippen LogP contribution < -0.4 is 15.8 Å². The van der Waals surface area contributed by atoms with Crippen LogP contribution in [-0.4, -0.2) is 33.0 Å². The van der Waals surface area contributed by atoms with Crippen molar-refractivity contribution < 1.29 is 8.42 Å². The Morgan fingerprint density at radius 3 is 2.72 bits per heavy atom. The molecule has 0 aliphatic heterocycles. The van der Waals surface area contributed by atoms with Crippen molar-refractivity contribution >= 4 is 39.8 Å². The van der Waals surface area contributed by atoms with Crippen LogP contribution in [0.3, 0.4) is 0 Å². The van der Waals surface area contributed by atoms with Crippen LogP contribution in [0.25, 0.3) is 0 Å². The molecule has 1 aromatic rings. The zero-order valence-corrected chi connectivity index (χ0v) is 12.2. The van der Waals surface area contributed by atoms with Gasteiger partial charge in [0.2, 0.25) is 10.0 Å². The lowest BCUT2D eigenvalue weighted by Gasteiger charge is -2.08. The van der Waals surface area contributed by atoms with E-state index in [-0.39, 0.29) is 34.7 Å². The molecule has 104 valence electrons. The average molecular weight is 315 g/mol. The molecule has 0 unspecified atom stereocenters. The largest absolute Gasteiger partial charge is 0.383 e. The molecule has 0 spiro atoms. The molecule has 0 fully saturated rings. The molecule has 0 bridgehead atoms. The van der Waals surface area contributed by atoms with Gasteiger partial charge in [-0.25, -0.2) is 18.1 Å². The van der Waals surface area contributed by atoms with Crippen molar-refractivity contribution in [2.75, 3.05) is 25.4 Å². The van der Waals surface area contributed by atoms with Gasteiger partial charge in [-0.3, -0.25) is 0 Å². The van der Waals surface area contributed by atoms with Gasteiger partial charge in [0, 0.05) is 19.3 Å². The molecule has 0 aliphatic rings. The van der Waals surface area contributed by atoms with Crippen LogP contribution in [0.2, 0.25) is 5.02 Å². The fraction of sp³-hybridized carbons (Fsp3) is 0.444. The van der Waals surface area contributed by atoms with Gasteiger partial charge >= 0.3 is 0 Å². The van der Waals surface area contributed by atoms with Crippen molar-refractivity contribution in [3.8, 4) is 0 Å². The van der Waals surface area contributed by atoms with E-state index in [0.717, 1.165) is 6.54 Å². The number of sulfonamides is 1. The van der Waals surface area contributed by atoms with Gasteiger partial charge in [-0.15, -0.1) is 12.4 Å². The lowest BCUT2D eigenvalue weighted by molar-refractivity contribution is 0.577. The molecule has 1 rings (SSSR count). The van der Waals surface area contributed by atoms with Crippen molar-refractivity contribution in [3.63, 3.8) is 0 Å². The second-order valence-corrected chi connectivity index (χ2v) is 5.46. The molecule has 6 nitrogen and oxygen atoms in total. The first-order chi connectivity index (χ1) is 7.97. The Morgan fingerprint density at radius 1 is 1.44 bits per heavy atom. The standard InChI is InChI=1S/C9H15ClN4O2S.ClH/c1-2-12-3-4-14-17(15,16)8-5-7(10)6-13-9(8)11;/h5-6,12,14H,2-4H2,1H3,(H2,11,13);1H. The zero-order valence-electron chi connectivity index (χ0n) is 9.81. The smallest absolute Gasteiger partial charge is 0.244 e. The summed E-state index contributed by atoms with van der Waals surface area (Å²) in [6.45, 7) is 3.54. The fourth-order valence-electron chi connectivity index (χ4n) is 1.17. The molecule has 0 radical (unpaired) electrons. The summed E-state index contributed by atoms with van der Waals surface area (Å²) in [6, 6.07) is 1.28. The van der Waals surface area contributed by atoms with Crippen molar-refractivity contribution in [2.45, 2.75) is 11.8 Å². The Balaban J connectivity index is 0.00000289. The Hall–Kier alpha value is -0.600. The zero-order chi connectivity index (χ0) is 12.9. The predicted molar refractivity (Wildman–Crippen MR) is 74.6 cm³/mol. The summed E-state index contributed by atoms with van der Waals surface area (Å²) in [6.07, 6.45) is 1.30. The van der Waals surface area contributed by atoms with E-state index in [1.807, 2.05) is 6.92 Å². The molecule has 0 aromatic carbocycles. The number of aromatic nitrogens is 1. The first-order valence-electron chi connectivity index (χ1n) is 5.08. The summed E-state index contributed by atoms with van der Waals surface area (Å²) in [4.78, 5) is 3.60. The number of nitrogens with two attached hydrogens (primary N) is 1. The predicted octanol–water partition coefficient (Wildman–Crippen LogP) is 0.627. The molecule has 0 saturated heterocycles. The monoisotopic (exact) mass is 314 g/mol. The third-order valence-electron chi connectivity index (χ3n) is 1.98. The van der Waals surface area contributed by atoms with E-state index in [1.54, 1.807) is 0 Å². The minimum Gasteiger partial charge on any atom is -0.383 e. The molecule has 0 atom stereocenters. The van der Waals surface area contributed by atoms with E-state index < -0.39 is 10.0 Å². The maximum absolute atomic E-state index is 11.9. The highest BCUT2D eigenvalue weighted by Crippen LogP contribution is 2.19. The van der Waals surface area contributed by atoms with E-state index in [1.165, 1.54) is 12.3 Å². The molecule has 1 aromatic heterocycles. The molecule has 0 saturated carbocycles. The summed E-state index contributed by atoms with van der Waals surface area (Å²) in [5, 5.41) is 3.23. The summed E-state index contributed by atoms with van der Waals surface area (Å²) >= 11 is 5.68. The lowest BCUT2D eigenvalue weighted by atomic mass is 10.5. The van der Waals surface area contributed by atoms with E-state index in [2.05, 4.69) is 15.0 Å². The Bertz CT molecular complexity index is 481. The molecular formula is C9H16Cl2N4O2S. The van der Waals surface area contributed by atoms with Crippen molar-refractivity contribution in [1.82, 2.24) is 15.0 Å².